The Hall–Kier alpha value is -3.87. The molecule has 7 heteroatoms. The van der Waals surface area contributed by atoms with Gasteiger partial charge >= 0.3 is 0 Å². The summed E-state index contributed by atoms with van der Waals surface area (Å²) in [5.41, 5.74) is 4.66. The molecule has 144 valence electrons. The second kappa shape index (κ2) is 7.63. The molecule has 29 heavy (non-hydrogen) atoms. The van der Waals surface area contributed by atoms with Crippen molar-refractivity contribution in [3.8, 4) is 0 Å². The van der Waals surface area contributed by atoms with Crippen molar-refractivity contribution in [2.75, 3.05) is 17.2 Å². The molecule has 0 atom stereocenters. The predicted octanol–water partition coefficient (Wildman–Crippen LogP) is 4.10. The molecule has 2 aromatic carbocycles. The average molecular weight is 383 g/mol. The normalized spacial score (nSPS) is 11.2. The summed E-state index contributed by atoms with van der Waals surface area (Å²) in [7, 11) is 0. The zero-order valence-electron chi connectivity index (χ0n) is 15.8. The van der Waals surface area contributed by atoms with Crippen LogP contribution in [0.15, 0.2) is 67.1 Å². The first-order chi connectivity index (χ1) is 14.3. The Morgan fingerprint density at radius 2 is 1.93 bits per heavy atom. The number of nitrogens with zero attached hydrogens (tertiary/aromatic N) is 3. The van der Waals surface area contributed by atoms with Crippen molar-refractivity contribution in [3.05, 3.63) is 78.2 Å². The molecule has 0 bridgehead atoms. The molecule has 7 nitrogen and oxygen atoms in total. The first-order valence-electron chi connectivity index (χ1n) is 9.63. The number of aromatic amines is 2. The van der Waals surface area contributed by atoms with Crippen LogP contribution in [0.2, 0.25) is 0 Å². The van der Waals surface area contributed by atoms with Crippen LogP contribution < -0.4 is 10.6 Å². The van der Waals surface area contributed by atoms with Crippen molar-refractivity contribution in [1.82, 2.24) is 25.1 Å². The summed E-state index contributed by atoms with van der Waals surface area (Å²) in [5, 5.41) is 16.1. The molecule has 0 radical (unpaired) electrons. The summed E-state index contributed by atoms with van der Waals surface area (Å²) < 4.78 is 0. The summed E-state index contributed by atoms with van der Waals surface area (Å²) in [4.78, 5) is 12.2. The Morgan fingerprint density at radius 1 is 0.966 bits per heavy atom. The van der Waals surface area contributed by atoms with Crippen molar-refractivity contribution in [1.29, 1.82) is 0 Å². The molecule has 0 aliphatic carbocycles. The minimum absolute atomic E-state index is 0.606. The molecule has 5 rings (SSSR count). The van der Waals surface area contributed by atoms with E-state index in [2.05, 4.69) is 72.3 Å². The van der Waals surface area contributed by atoms with E-state index in [9.17, 15) is 0 Å². The molecule has 0 saturated heterocycles. The lowest BCUT2D eigenvalue weighted by atomic mass is 10.1. The van der Waals surface area contributed by atoms with E-state index in [-0.39, 0.29) is 0 Å². The third-order valence-electron chi connectivity index (χ3n) is 4.99. The number of fused-ring (bicyclic) bond motifs is 2. The van der Waals surface area contributed by atoms with Gasteiger partial charge in [-0.2, -0.15) is 10.1 Å². The van der Waals surface area contributed by atoms with Gasteiger partial charge in [-0.15, -0.1) is 0 Å². The van der Waals surface area contributed by atoms with Crippen LogP contribution in [-0.4, -0.2) is 31.7 Å². The highest BCUT2D eigenvalue weighted by molar-refractivity contribution is 5.83. The third-order valence-corrected chi connectivity index (χ3v) is 4.99. The highest BCUT2D eigenvalue weighted by atomic mass is 15.1. The number of hydrogen-bond donors (Lipinski definition) is 4. The number of hydrogen-bond acceptors (Lipinski definition) is 5. The van der Waals surface area contributed by atoms with Gasteiger partial charge in [0.2, 0.25) is 5.95 Å². The Morgan fingerprint density at radius 3 is 2.93 bits per heavy atom. The van der Waals surface area contributed by atoms with Gasteiger partial charge < -0.3 is 15.6 Å². The number of anilines is 2. The number of para-hydroxylation sites is 1. The summed E-state index contributed by atoms with van der Waals surface area (Å²) >= 11 is 0. The largest absolute Gasteiger partial charge is 0.370 e. The van der Waals surface area contributed by atoms with E-state index in [0.717, 1.165) is 35.2 Å². The fourth-order valence-corrected chi connectivity index (χ4v) is 3.49. The van der Waals surface area contributed by atoms with Crippen molar-refractivity contribution < 1.29 is 0 Å². The number of nitrogens with one attached hydrogen (secondary N) is 4. The van der Waals surface area contributed by atoms with Crippen LogP contribution in [0, 0.1) is 0 Å². The van der Waals surface area contributed by atoms with Crippen LogP contribution in [0.5, 0.6) is 0 Å². The van der Waals surface area contributed by atoms with Gasteiger partial charge in [0, 0.05) is 41.8 Å². The van der Waals surface area contributed by atoms with Gasteiger partial charge in [0.05, 0.1) is 11.7 Å². The van der Waals surface area contributed by atoms with Gasteiger partial charge in [-0.05, 0) is 41.8 Å². The van der Waals surface area contributed by atoms with E-state index < -0.39 is 0 Å². The predicted molar refractivity (Wildman–Crippen MR) is 116 cm³/mol. The number of benzene rings is 2. The van der Waals surface area contributed by atoms with Gasteiger partial charge in [-0.1, -0.05) is 24.3 Å². The maximum Gasteiger partial charge on any atom is 0.224 e. The summed E-state index contributed by atoms with van der Waals surface area (Å²) in [6, 6.07) is 16.4. The first kappa shape index (κ1) is 17.2. The van der Waals surface area contributed by atoms with Crippen LogP contribution in [-0.2, 0) is 13.0 Å². The molecular weight excluding hydrogens is 362 g/mol. The van der Waals surface area contributed by atoms with Crippen LogP contribution in [0.3, 0.4) is 0 Å². The topological polar surface area (TPSA) is 94.3 Å². The number of H-pyrrole nitrogens is 2. The Balaban J connectivity index is 1.19. The molecule has 3 heterocycles. The van der Waals surface area contributed by atoms with Gasteiger partial charge in [-0.3, -0.25) is 5.10 Å². The van der Waals surface area contributed by atoms with E-state index in [0.29, 0.717) is 12.5 Å². The minimum Gasteiger partial charge on any atom is -0.370 e. The van der Waals surface area contributed by atoms with Crippen molar-refractivity contribution >= 4 is 33.6 Å². The maximum atomic E-state index is 4.56. The lowest BCUT2D eigenvalue weighted by molar-refractivity contribution is 0.997. The molecule has 0 amide bonds. The third kappa shape index (κ3) is 3.75. The van der Waals surface area contributed by atoms with E-state index in [4.69, 9.17) is 0 Å². The van der Waals surface area contributed by atoms with Crippen LogP contribution in [0.4, 0.5) is 11.8 Å². The molecular formula is C22H21N7. The monoisotopic (exact) mass is 383 g/mol. The fraction of sp³-hybridized carbons (Fsp3) is 0.136. The number of aromatic nitrogens is 5. The zero-order chi connectivity index (χ0) is 19.5. The highest BCUT2D eigenvalue weighted by Gasteiger charge is 2.04. The highest BCUT2D eigenvalue weighted by Crippen LogP contribution is 2.18. The molecule has 4 N–H and O–H groups in total. The van der Waals surface area contributed by atoms with Crippen LogP contribution in [0.25, 0.3) is 21.8 Å². The molecule has 0 fully saturated rings. The molecule has 0 aliphatic heterocycles. The summed E-state index contributed by atoms with van der Waals surface area (Å²) in [5.74, 6) is 1.42. The van der Waals surface area contributed by atoms with Gasteiger partial charge in [0.25, 0.3) is 0 Å². The second-order valence-electron chi connectivity index (χ2n) is 6.95. The quantitative estimate of drug-likeness (QED) is 0.339. The van der Waals surface area contributed by atoms with Gasteiger partial charge in [0.1, 0.15) is 5.82 Å². The lowest BCUT2D eigenvalue weighted by Crippen LogP contribution is -2.09. The first-order valence-corrected chi connectivity index (χ1v) is 9.63. The standard InChI is InChI=1S/C22H21N7/c1-2-4-20-18(3-1)16(13-25-20)7-9-23-21-8-10-24-22(28-21)26-12-15-5-6-19-17(11-15)14-27-29-19/h1-6,8,10-11,13-14,25H,7,9,12H2,(H,27,29)(H2,23,24,26,28). The lowest BCUT2D eigenvalue weighted by Gasteiger charge is -2.08. The van der Waals surface area contributed by atoms with Gasteiger partial charge in [0.15, 0.2) is 0 Å². The van der Waals surface area contributed by atoms with Crippen molar-refractivity contribution in [3.63, 3.8) is 0 Å². The van der Waals surface area contributed by atoms with E-state index >= 15 is 0 Å². The Kier molecular flexibility index (Phi) is 4.54. The molecule has 0 saturated carbocycles. The SMILES string of the molecule is c1ccc2c(CCNc3ccnc(NCc4ccc5[nH]ncc5c4)n3)c[nH]c2c1. The van der Waals surface area contributed by atoms with E-state index in [1.807, 2.05) is 24.4 Å². The fourth-order valence-electron chi connectivity index (χ4n) is 3.49. The number of rotatable bonds is 7. The average Bonchev–Trinajstić information content (AvgIpc) is 3.39. The zero-order valence-corrected chi connectivity index (χ0v) is 15.8. The smallest absolute Gasteiger partial charge is 0.224 e. The molecule has 5 aromatic rings. The minimum atomic E-state index is 0.606. The Labute approximate surface area is 167 Å². The second-order valence-corrected chi connectivity index (χ2v) is 6.95. The molecule has 0 spiro atoms. The molecule has 0 unspecified atom stereocenters. The summed E-state index contributed by atoms with van der Waals surface area (Å²) in [6.45, 7) is 1.45. The van der Waals surface area contributed by atoms with Crippen LogP contribution >= 0.6 is 0 Å². The maximum absolute atomic E-state index is 4.56. The van der Waals surface area contributed by atoms with E-state index in [1.54, 1.807) is 6.20 Å². The summed E-state index contributed by atoms with van der Waals surface area (Å²) in [6.07, 6.45) is 6.59. The Bertz CT molecular complexity index is 1250. The van der Waals surface area contributed by atoms with Crippen molar-refractivity contribution in [2.24, 2.45) is 0 Å². The van der Waals surface area contributed by atoms with Crippen LogP contribution in [0.1, 0.15) is 11.1 Å². The van der Waals surface area contributed by atoms with E-state index in [1.165, 1.54) is 16.5 Å². The molecule has 3 aromatic heterocycles. The molecule has 0 aliphatic rings. The van der Waals surface area contributed by atoms with Gasteiger partial charge in [-0.25, -0.2) is 4.98 Å². The van der Waals surface area contributed by atoms with Crippen molar-refractivity contribution in [2.45, 2.75) is 13.0 Å².